The predicted molar refractivity (Wildman–Crippen MR) is 115 cm³/mol. The fourth-order valence-corrected chi connectivity index (χ4v) is 4.18. The van der Waals surface area contributed by atoms with Crippen LogP contribution in [-0.2, 0) is 6.54 Å². The van der Waals surface area contributed by atoms with Crippen molar-refractivity contribution in [1.29, 1.82) is 0 Å². The lowest BCUT2D eigenvalue weighted by Crippen LogP contribution is -2.18. The molecule has 4 nitrogen and oxygen atoms in total. The molecule has 2 aromatic carbocycles. The molecule has 0 aliphatic heterocycles. The lowest BCUT2D eigenvalue weighted by molar-refractivity contribution is 0.0997. The zero-order chi connectivity index (χ0) is 19.9. The van der Waals surface area contributed by atoms with E-state index in [0.717, 1.165) is 28.8 Å². The first kappa shape index (κ1) is 20.6. The summed E-state index contributed by atoms with van der Waals surface area (Å²) in [5.74, 6) is 0.931. The van der Waals surface area contributed by atoms with Crippen molar-refractivity contribution in [2.24, 2.45) is 4.99 Å². The van der Waals surface area contributed by atoms with E-state index in [9.17, 15) is 9.18 Å². The van der Waals surface area contributed by atoms with Crippen LogP contribution < -0.4 is 9.54 Å². The third kappa shape index (κ3) is 5.02. The highest BCUT2D eigenvalue weighted by Crippen LogP contribution is 2.20. The quantitative estimate of drug-likeness (QED) is 0.477. The molecule has 0 N–H and O–H groups in total. The van der Waals surface area contributed by atoms with Gasteiger partial charge in [0.2, 0.25) is 0 Å². The van der Waals surface area contributed by atoms with Gasteiger partial charge >= 0.3 is 0 Å². The number of thioether (sulfide) groups is 1. The van der Waals surface area contributed by atoms with Gasteiger partial charge < -0.3 is 9.30 Å². The first-order chi connectivity index (χ1) is 13.6. The minimum atomic E-state index is -0.328. The lowest BCUT2D eigenvalue weighted by Gasteiger charge is -2.06. The minimum absolute atomic E-state index is 0.291. The van der Waals surface area contributed by atoms with Gasteiger partial charge in [-0.05, 0) is 49.1 Å². The number of hydrogen-bond donors (Lipinski definition) is 0. The van der Waals surface area contributed by atoms with E-state index in [2.05, 4.69) is 11.9 Å². The van der Waals surface area contributed by atoms with Gasteiger partial charge in [-0.3, -0.25) is 4.79 Å². The van der Waals surface area contributed by atoms with Gasteiger partial charge in [0.15, 0.2) is 4.80 Å². The Balaban J connectivity index is 1.94. The topological polar surface area (TPSA) is 43.6 Å². The van der Waals surface area contributed by atoms with Crippen LogP contribution in [0, 0.1) is 5.82 Å². The van der Waals surface area contributed by atoms with Crippen LogP contribution in [0.4, 0.5) is 4.39 Å². The minimum Gasteiger partial charge on any atom is -0.494 e. The molecule has 7 heteroatoms. The van der Waals surface area contributed by atoms with E-state index >= 15 is 0 Å². The summed E-state index contributed by atoms with van der Waals surface area (Å²) >= 11 is 3.04. The second kappa shape index (κ2) is 9.89. The van der Waals surface area contributed by atoms with Crippen molar-refractivity contribution >= 4 is 39.2 Å². The number of unbranched alkanes of at least 4 members (excludes halogenated alkanes) is 1. The van der Waals surface area contributed by atoms with Gasteiger partial charge in [0.05, 0.1) is 16.8 Å². The van der Waals surface area contributed by atoms with Gasteiger partial charge in [-0.2, -0.15) is 16.8 Å². The number of fused-ring (bicyclic) bond motifs is 1. The number of aromatic nitrogens is 1. The van der Waals surface area contributed by atoms with Crippen molar-refractivity contribution in [3.8, 4) is 5.75 Å². The molecular formula is C21H23FN2O2S2. The molecule has 0 saturated heterocycles. The van der Waals surface area contributed by atoms with E-state index < -0.39 is 0 Å². The molecular weight excluding hydrogens is 395 g/mol. The van der Waals surface area contributed by atoms with Crippen molar-refractivity contribution in [3.05, 3.63) is 58.6 Å². The van der Waals surface area contributed by atoms with E-state index in [0.29, 0.717) is 29.3 Å². The second-order valence-electron chi connectivity index (χ2n) is 6.29. The van der Waals surface area contributed by atoms with Crippen molar-refractivity contribution < 1.29 is 13.9 Å². The highest BCUT2D eigenvalue weighted by molar-refractivity contribution is 7.98. The number of hydrogen-bond acceptors (Lipinski definition) is 4. The van der Waals surface area contributed by atoms with Gasteiger partial charge in [0.25, 0.3) is 5.91 Å². The predicted octanol–water partition coefficient (Wildman–Crippen LogP) is 5.12. The SMILES string of the molecule is CCCCOc1cccc(C(=O)N=c2sc3cc(F)ccc3n2CCSC)c1. The fraction of sp³-hybridized carbons (Fsp3) is 0.333. The van der Waals surface area contributed by atoms with Gasteiger partial charge in [-0.15, -0.1) is 0 Å². The molecule has 0 unspecified atom stereocenters. The first-order valence-electron chi connectivity index (χ1n) is 9.22. The maximum atomic E-state index is 13.6. The van der Waals surface area contributed by atoms with Crippen molar-refractivity contribution in [2.75, 3.05) is 18.6 Å². The second-order valence-corrected chi connectivity index (χ2v) is 8.28. The van der Waals surface area contributed by atoms with Crippen LogP contribution in [0.1, 0.15) is 30.1 Å². The maximum Gasteiger partial charge on any atom is 0.279 e. The Hall–Kier alpha value is -2.12. The van der Waals surface area contributed by atoms with Crippen LogP contribution in [-0.4, -0.2) is 29.1 Å². The molecule has 0 fully saturated rings. The van der Waals surface area contributed by atoms with E-state index in [1.807, 2.05) is 16.9 Å². The Morgan fingerprint density at radius 2 is 2.14 bits per heavy atom. The zero-order valence-electron chi connectivity index (χ0n) is 16.0. The van der Waals surface area contributed by atoms with E-state index in [1.165, 1.54) is 23.5 Å². The highest BCUT2D eigenvalue weighted by atomic mass is 32.2. The molecule has 28 heavy (non-hydrogen) atoms. The number of amides is 1. The summed E-state index contributed by atoms with van der Waals surface area (Å²) < 4.78 is 22.1. The van der Waals surface area contributed by atoms with Gasteiger partial charge in [-0.25, -0.2) is 4.39 Å². The Labute approximate surface area is 172 Å². The highest BCUT2D eigenvalue weighted by Gasteiger charge is 2.11. The number of thiazole rings is 1. The summed E-state index contributed by atoms with van der Waals surface area (Å²) in [6, 6.07) is 11.8. The summed E-state index contributed by atoms with van der Waals surface area (Å²) in [5.41, 5.74) is 1.37. The van der Waals surface area contributed by atoms with Crippen LogP contribution >= 0.6 is 23.1 Å². The van der Waals surface area contributed by atoms with E-state index in [-0.39, 0.29) is 11.7 Å². The third-order valence-electron chi connectivity index (χ3n) is 4.21. The molecule has 0 atom stereocenters. The first-order valence-corrected chi connectivity index (χ1v) is 11.4. The van der Waals surface area contributed by atoms with E-state index in [4.69, 9.17) is 4.74 Å². The molecule has 0 radical (unpaired) electrons. The number of benzene rings is 2. The monoisotopic (exact) mass is 418 g/mol. The smallest absolute Gasteiger partial charge is 0.279 e. The molecule has 0 bridgehead atoms. The standard InChI is InChI=1S/C21H23FN2O2S2/c1-3-4-11-26-17-7-5-6-15(13-17)20(25)23-21-24(10-12-27-2)18-9-8-16(22)14-19(18)28-21/h5-9,13-14H,3-4,10-12H2,1-2H3. The Morgan fingerprint density at radius 3 is 2.93 bits per heavy atom. The molecule has 148 valence electrons. The molecule has 0 saturated carbocycles. The summed E-state index contributed by atoms with van der Waals surface area (Å²) in [4.78, 5) is 17.7. The molecule has 3 rings (SSSR count). The zero-order valence-corrected chi connectivity index (χ0v) is 17.6. The molecule has 1 amide bonds. The molecule has 1 heterocycles. The lowest BCUT2D eigenvalue weighted by atomic mass is 10.2. The number of rotatable bonds is 8. The van der Waals surface area contributed by atoms with E-state index in [1.54, 1.807) is 36.0 Å². The molecule has 3 aromatic rings. The van der Waals surface area contributed by atoms with Crippen LogP contribution in [0.2, 0.25) is 0 Å². The average molecular weight is 419 g/mol. The number of aryl methyl sites for hydroxylation is 1. The van der Waals surface area contributed by atoms with Crippen molar-refractivity contribution in [2.45, 2.75) is 26.3 Å². The van der Waals surface area contributed by atoms with Crippen LogP contribution in [0.15, 0.2) is 47.5 Å². The number of halogens is 1. The molecule has 0 spiro atoms. The number of carbonyl (C=O) groups excluding carboxylic acids is 1. The normalized spacial score (nSPS) is 11.9. The van der Waals surface area contributed by atoms with Gasteiger partial charge in [0.1, 0.15) is 11.6 Å². The maximum absolute atomic E-state index is 13.6. The largest absolute Gasteiger partial charge is 0.494 e. The third-order valence-corrected chi connectivity index (χ3v) is 5.84. The van der Waals surface area contributed by atoms with Crippen LogP contribution in [0.5, 0.6) is 5.75 Å². The molecule has 0 aliphatic carbocycles. The Bertz CT molecular complexity index is 1030. The number of nitrogens with zero attached hydrogens (tertiary/aromatic N) is 2. The summed E-state index contributed by atoms with van der Waals surface area (Å²) in [7, 11) is 0. The van der Waals surface area contributed by atoms with Gasteiger partial charge in [0, 0.05) is 17.9 Å². The summed E-state index contributed by atoms with van der Waals surface area (Å²) in [6.45, 7) is 3.44. The molecule has 1 aromatic heterocycles. The Morgan fingerprint density at radius 1 is 1.29 bits per heavy atom. The Kier molecular flexibility index (Phi) is 7.28. The average Bonchev–Trinajstić information content (AvgIpc) is 3.02. The molecule has 0 aliphatic rings. The summed E-state index contributed by atoms with van der Waals surface area (Å²) in [5, 5.41) is 0. The van der Waals surface area contributed by atoms with Crippen LogP contribution in [0.3, 0.4) is 0 Å². The fourth-order valence-electron chi connectivity index (χ4n) is 2.74. The van der Waals surface area contributed by atoms with Crippen molar-refractivity contribution in [3.63, 3.8) is 0 Å². The van der Waals surface area contributed by atoms with Crippen molar-refractivity contribution in [1.82, 2.24) is 4.57 Å². The van der Waals surface area contributed by atoms with Crippen LogP contribution in [0.25, 0.3) is 10.2 Å². The summed E-state index contributed by atoms with van der Waals surface area (Å²) in [6.07, 6.45) is 4.05. The number of carbonyl (C=O) groups is 1. The van der Waals surface area contributed by atoms with Gasteiger partial charge in [-0.1, -0.05) is 30.7 Å². The number of ether oxygens (including phenoxy) is 1.